The number of hydrogen-bond acceptors (Lipinski definition) is 6. The van der Waals surface area contributed by atoms with Gasteiger partial charge in [-0.25, -0.2) is 0 Å². The summed E-state index contributed by atoms with van der Waals surface area (Å²) < 4.78 is 0. The predicted molar refractivity (Wildman–Crippen MR) is 129 cm³/mol. The van der Waals surface area contributed by atoms with Crippen LogP contribution in [0.2, 0.25) is 0 Å². The summed E-state index contributed by atoms with van der Waals surface area (Å²) in [7, 11) is 0. The zero-order chi connectivity index (χ0) is 25.8. The third-order valence-corrected chi connectivity index (χ3v) is 7.44. The van der Waals surface area contributed by atoms with Crippen LogP contribution in [0.3, 0.4) is 0 Å². The maximum absolute atomic E-state index is 12.7. The Morgan fingerprint density at radius 2 is 1.29 bits per heavy atom. The molecule has 1 aliphatic rings. The van der Waals surface area contributed by atoms with Crippen molar-refractivity contribution in [3.63, 3.8) is 0 Å². The van der Waals surface area contributed by atoms with Gasteiger partial charge in [0, 0.05) is 10.8 Å². The van der Waals surface area contributed by atoms with E-state index in [4.69, 9.17) is 0 Å². The van der Waals surface area contributed by atoms with Crippen LogP contribution in [0.15, 0.2) is 48.5 Å². The molecular formula is C28H27N5O2. The first-order chi connectivity index (χ1) is 16.8. The number of nitriles is 4. The van der Waals surface area contributed by atoms with Crippen molar-refractivity contribution in [3.05, 3.63) is 80.9 Å². The average Bonchev–Trinajstić information content (AvgIpc) is 2.87. The smallest absolute Gasteiger partial charge is 0.227 e. The zero-order valence-corrected chi connectivity index (χ0v) is 20.1. The maximum atomic E-state index is 12.7. The van der Waals surface area contributed by atoms with Crippen molar-refractivity contribution in [3.8, 4) is 24.3 Å². The van der Waals surface area contributed by atoms with Gasteiger partial charge in [-0.05, 0) is 31.4 Å². The van der Waals surface area contributed by atoms with Gasteiger partial charge in [-0.1, -0.05) is 79.4 Å². The second-order valence-corrected chi connectivity index (χ2v) is 9.44. The van der Waals surface area contributed by atoms with Crippen LogP contribution >= 0.6 is 0 Å². The Hall–Kier alpha value is -4.20. The molecule has 35 heavy (non-hydrogen) atoms. The van der Waals surface area contributed by atoms with Crippen molar-refractivity contribution in [1.82, 2.24) is 0 Å². The summed E-state index contributed by atoms with van der Waals surface area (Å²) in [6.07, 6.45) is 1.56. The molecule has 1 fully saturated rings. The Labute approximate surface area is 206 Å². The lowest BCUT2D eigenvalue weighted by atomic mass is 9.44. The van der Waals surface area contributed by atoms with Gasteiger partial charge in [-0.15, -0.1) is 0 Å². The number of benzene rings is 2. The van der Waals surface area contributed by atoms with Gasteiger partial charge >= 0.3 is 0 Å². The van der Waals surface area contributed by atoms with Crippen LogP contribution in [0.4, 0.5) is 0 Å². The highest BCUT2D eigenvalue weighted by Gasteiger charge is 2.72. The molecule has 0 N–H and O–H groups in total. The van der Waals surface area contributed by atoms with Crippen molar-refractivity contribution in [2.75, 3.05) is 0 Å². The molecule has 1 aliphatic carbocycles. The van der Waals surface area contributed by atoms with Gasteiger partial charge in [0.2, 0.25) is 6.04 Å². The van der Waals surface area contributed by atoms with Gasteiger partial charge in [0.05, 0.1) is 36.1 Å². The molecule has 2 aromatic carbocycles. The quantitative estimate of drug-likeness (QED) is 0.396. The van der Waals surface area contributed by atoms with Crippen molar-refractivity contribution < 1.29 is 4.92 Å². The molecular weight excluding hydrogens is 438 g/mol. The Morgan fingerprint density at radius 3 is 1.69 bits per heavy atom. The van der Waals surface area contributed by atoms with Gasteiger partial charge in [0.15, 0.2) is 10.8 Å². The van der Waals surface area contributed by atoms with E-state index in [0.29, 0.717) is 17.5 Å². The third-order valence-electron chi connectivity index (χ3n) is 7.44. The van der Waals surface area contributed by atoms with Crippen LogP contribution < -0.4 is 0 Å². The summed E-state index contributed by atoms with van der Waals surface area (Å²) >= 11 is 0. The zero-order valence-electron chi connectivity index (χ0n) is 20.1. The van der Waals surface area contributed by atoms with Crippen LogP contribution in [0.5, 0.6) is 0 Å². The summed E-state index contributed by atoms with van der Waals surface area (Å²) in [6, 6.07) is 21.1. The maximum Gasteiger partial charge on any atom is 0.227 e. The van der Waals surface area contributed by atoms with Crippen molar-refractivity contribution in [2.45, 2.75) is 57.9 Å². The minimum absolute atomic E-state index is 0.265. The van der Waals surface area contributed by atoms with Gasteiger partial charge in [-0.3, -0.25) is 10.1 Å². The topological polar surface area (TPSA) is 138 Å². The monoisotopic (exact) mass is 465 g/mol. The van der Waals surface area contributed by atoms with Crippen LogP contribution in [0.25, 0.3) is 0 Å². The predicted octanol–water partition coefficient (Wildman–Crippen LogP) is 5.70. The van der Waals surface area contributed by atoms with E-state index in [9.17, 15) is 31.2 Å². The highest BCUT2D eigenvalue weighted by atomic mass is 16.6. The standard InChI is InChI=1S/C28H27N5O2/c1-4-5-6-23-25(33(34)35)24(21-11-7-19(2)8-12-21)28(17-31,18-32)26(27(23,15-29)16-30)22-13-9-20(3)10-14-22/h7-14,23-26H,4-6H2,1-3H3/t23-,24-,25+,26+/m1/s1. The number of rotatable bonds is 6. The second-order valence-electron chi connectivity index (χ2n) is 9.44. The molecule has 0 aromatic heterocycles. The molecule has 176 valence electrons. The second kappa shape index (κ2) is 9.97. The summed E-state index contributed by atoms with van der Waals surface area (Å²) in [5.41, 5.74) is -1.11. The first-order valence-corrected chi connectivity index (χ1v) is 11.7. The van der Waals surface area contributed by atoms with Crippen LogP contribution in [0.1, 0.15) is 60.3 Å². The minimum Gasteiger partial charge on any atom is -0.264 e. The Morgan fingerprint density at radius 1 is 0.829 bits per heavy atom. The lowest BCUT2D eigenvalue weighted by molar-refractivity contribution is -0.546. The van der Waals surface area contributed by atoms with E-state index in [0.717, 1.165) is 17.5 Å². The third kappa shape index (κ3) is 4.01. The number of hydrogen-bond donors (Lipinski definition) is 0. The van der Waals surface area contributed by atoms with Gasteiger partial charge in [0.25, 0.3) is 0 Å². The molecule has 0 amide bonds. The molecule has 7 nitrogen and oxygen atoms in total. The fourth-order valence-corrected chi connectivity index (χ4v) is 5.75. The molecule has 7 heteroatoms. The largest absolute Gasteiger partial charge is 0.264 e. The lowest BCUT2D eigenvalue weighted by Gasteiger charge is -2.51. The number of unbranched alkanes of at least 4 members (excludes halogenated alkanes) is 1. The number of aryl methyl sites for hydroxylation is 2. The summed E-state index contributed by atoms with van der Waals surface area (Å²) in [4.78, 5) is 12.2. The van der Waals surface area contributed by atoms with Crippen LogP contribution in [-0.2, 0) is 0 Å². The molecule has 3 rings (SSSR count). The Kier molecular flexibility index (Phi) is 7.24. The molecule has 2 aromatic rings. The molecule has 0 aliphatic heterocycles. The summed E-state index contributed by atoms with van der Waals surface area (Å²) in [5, 5.41) is 54.8. The van der Waals surface area contributed by atoms with Gasteiger partial charge < -0.3 is 0 Å². The number of nitro groups is 1. The highest BCUT2D eigenvalue weighted by molar-refractivity contribution is 5.48. The van der Waals surface area contributed by atoms with Crippen LogP contribution in [-0.4, -0.2) is 11.0 Å². The molecule has 0 bridgehead atoms. The molecule has 1 saturated carbocycles. The van der Waals surface area contributed by atoms with Crippen molar-refractivity contribution >= 4 is 0 Å². The van der Waals surface area contributed by atoms with Gasteiger partial charge in [0.1, 0.15) is 0 Å². The van der Waals surface area contributed by atoms with E-state index in [1.165, 1.54) is 0 Å². The molecule has 4 atom stereocenters. The summed E-state index contributed by atoms with van der Waals surface area (Å²) in [6.45, 7) is 5.71. The normalized spacial score (nSPS) is 24.2. The van der Waals surface area contributed by atoms with E-state index in [1.54, 1.807) is 48.5 Å². The first kappa shape index (κ1) is 25.4. The molecule has 0 radical (unpaired) electrons. The minimum atomic E-state index is -2.02. The Bertz CT molecular complexity index is 1230. The fraction of sp³-hybridized carbons (Fsp3) is 0.429. The van der Waals surface area contributed by atoms with Crippen molar-refractivity contribution in [1.29, 1.82) is 21.0 Å². The molecule has 0 unspecified atom stereocenters. The first-order valence-electron chi connectivity index (χ1n) is 11.7. The molecule has 0 heterocycles. The van der Waals surface area contributed by atoms with E-state index < -0.39 is 39.5 Å². The molecule has 0 saturated heterocycles. The molecule has 0 spiro atoms. The van der Waals surface area contributed by atoms with E-state index in [2.05, 4.69) is 24.3 Å². The van der Waals surface area contributed by atoms with Crippen LogP contribution in [0, 0.1) is 86.0 Å². The van der Waals surface area contributed by atoms with Crippen molar-refractivity contribution in [2.24, 2.45) is 16.7 Å². The van der Waals surface area contributed by atoms with E-state index in [-0.39, 0.29) is 6.42 Å². The Balaban J connectivity index is 2.48. The fourth-order valence-electron chi connectivity index (χ4n) is 5.75. The number of nitrogens with zero attached hydrogens (tertiary/aromatic N) is 5. The SMILES string of the molecule is CCCC[C@@H]1[C@H]([N+](=O)[O-])[C@@H](c2ccc(C)cc2)C(C#N)(C#N)[C@@H](c2ccc(C)cc2)C1(C#N)C#N. The summed E-state index contributed by atoms with van der Waals surface area (Å²) in [5.74, 6) is -3.26. The van der Waals surface area contributed by atoms with E-state index in [1.807, 2.05) is 20.8 Å². The average molecular weight is 466 g/mol. The highest BCUT2D eigenvalue weighted by Crippen LogP contribution is 2.65. The lowest BCUT2D eigenvalue weighted by Crippen LogP contribution is -2.60. The van der Waals surface area contributed by atoms with Gasteiger partial charge in [-0.2, -0.15) is 21.0 Å². The van der Waals surface area contributed by atoms with E-state index >= 15 is 0 Å².